The number of aromatic nitrogens is 2. The van der Waals surface area contributed by atoms with Gasteiger partial charge in [0.05, 0.1) is 5.56 Å². The van der Waals surface area contributed by atoms with E-state index in [1.54, 1.807) is 6.07 Å². The van der Waals surface area contributed by atoms with Gasteiger partial charge in [0, 0.05) is 18.0 Å². The summed E-state index contributed by atoms with van der Waals surface area (Å²) >= 11 is 0. The Hall–Kier alpha value is -2.63. The van der Waals surface area contributed by atoms with Gasteiger partial charge in [0.25, 0.3) is 0 Å². The topological polar surface area (TPSA) is 104 Å². The number of carbonyl (C=O) groups is 1. The van der Waals surface area contributed by atoms with E-state index in [-0.39, 0.29) is 17.0 Å². The summed E-state index contributed by atoms with van der Waals surface area (Å²) in [5, 5.41) is 27.6. The van der Waals surface area contributed by atoms with Gasteiger partial charge in [0.2, 0.25) is 0 Å². The van der Waals surface area contributed by atoms with Crippen molar-refractivity contribution >= 4 is 5.97 Å². The molecule has 0 saturated carbocycles. The van der Waals surface area contributed by atoms with E-state index in [0.717, 1.165) is 12.1 Å². The predicted octanol–water partition coefficient (Wildman–Crippen LogP) is 1.25. The average Bonchev–Trinajstić information content (AvgIpc) is 2.33. The first-order valence-electron chi connectivity index (χ1n) is 4.66. The molecule has 17 heavy (non-hydrogen) atoms. The smallest absolute Gasteiger partial charge is 0.336 e. The van der Waals surface area contributed by atoms with Crippen LogP contribution in [0.15, 0.2) is 30.6 Å². The molecule has 1 aromatic heterocycles. The van der Waals surface area contributed by atoms with E-state index in [1.807, 2.05) is 0 Å². The van der Waals surface area contributed by atoms with Gasteiger partial charge in [-0.25, -0.2) is 14.8 Å². The van der Waals surface area contributed by atoms with E-state index in [9.17, 15) is 15.0 Å². The van der Waals surface area contributed by atoms with Crippen molar-refractivity contribution in [3.63, 3.8) is 0 Å². The lowest BCUT2D eigenvalue weighted by Gasteiger charge is -2.06. The molecule has 1 aromatic carbocycles. The normalized spacial score (nSPS) is 10.1. The molecule has 0 fully saturated rings. The number of aromatic hydroxyl groups is 2. The maximum atomic E-state index is 11.0. The van der Waals surface area contributed by atoms with Gasteiger partial charge in [-0.15, -0.1) is 0 Å². The predicted molar refractivity (Wildman–Crippen MR) is 57.8 cm³/mol. The quantitative estimate of drug-likeness (QED) is 0.673. The number of phenolic OH excluding ortho intramolecular Hbond substituents is 2. The van der Waals surface area contributed by atoms with E-state index in [2.05, 4.69) is 9.97 Å². The van der Waals surface area contributed by atoms with Gasteiger partial charge in [-0.05, 0) is 18.2 Å². The van der Waals surface area contributed by atoms with E-state index in [4.69, 9.17) is 5.11 Å². The van der Waals surface area contributed by atoms with Crippen LogP contribution in [0.1, 0.15) is 10.4 Å². The second-order valence-electron chi connectivity index (χ2n) is 3.26. The SMILES string of the molecule is O=C(O)c1cc(O)c(O)cc1-c1ncccn1. The number of aromatic carboxylic acids is 1. The Morgan fingerprint density at radius 1 is 1.06 bits per heavy atom. The molecule has 86 valence electrons. The van der Waals surface area contributed by atoms with Gasteiger partial charge in [-0.1, -0.05) is 0 Å². The van der Waals surface area contributed by atoms with Crippen molar-refractivity contribution in [2.45, 2.75) is 0 Å². The molecule has 2 rings (SSSR count). The zero-order valence-corrected chi connectivity index (χ0v) is 8.53. The van der Waals surface area contributed by atoms with Crippen LogP contribution in [0.2, 0.25) is 0 Å². The number of phenols is 2. The number of nitrogens with zero attached hydrogens (tertiary/aromatic N) is 2. The van der Waals surface area contributed by atoms with Crippen LogP contribution in [0.3, 0.4) is 0 Å². The van der Waals surface area contributed by atoms with E-state index in [1.165, 1.54) is 12.4 Å². The minimum Gasteiger partial charge on any atom is -0.504 e. The maximum Gasteiger partial charge on any atom is 0.336 e. The summed E-state index contributed by atoms with van der Waals surface area (Å²) in [5.74, 6) is -1.98. The molecular formula is C11H8N2O4. The Bertz CT molecular complexity index is 569. The molecule has 2 aromatic rings. The molecule has 3 N–H and O–H groups in total. The van der Waals surface area contributed by atoms with Crippen LogP contribution < -0.4 is 0 Å². The first kappa shape index (κ1) is 10.9. The van der Waals surface area contributed by atoms with Crippen LogP contribution in [0.4, 0.5) is 0 Å². The van der Waals surface area contributed by atoms with Crippen LogP contribution >= 0.6 is 0 Å². The molecule has 6 nitrogen and oxygen atoms in total. The molecule has 0 bridgehead atoms. The molecule has 0 aliphatic rings. The van der Waals surface area contributed by atoms with Crippen molar-refractivity contribution in [3.05, 3.63) is 36.2 Å². The van der Waals surface area contributed by atoms with Gasteiger partial charge >= 0.3 is 5.97 Å². The van der Waals surface area contributed by atoms with Crippen molar-refractivity contribution in [2.24, 2.45) is 0 Å². The molecular weight excluding hydrogens is 224 g/mol. The third kappa shape index (κ3) is 2.00. The van der Waals surface area contributed by atoms with E-state index in [0.29, 0.717) is 0 Å². The summed E-state index contributed by atoms with van der Waals surface area (Å²) in [5.41, 5.74) is -0.0279. The number of hydrogen-bond donors (Lipinski definition) is 3. The zero-order chi connectivity index (χ0) is 12.4. The van der Waals surface area contributed by atoms with Crippen molar-refractivity contribution in [1.82, 2.24) is 9.97 Å². The minimum atomic E-state index is -1.23. The van der Waals surface area contributed by atoms with Crippen LogP contribution in [0.25, 0.3) is 11.4 Å². The molecule has 0 radical (unpaired) electrons. The molecule has 0 aliphatic carbocycles. The summed E-state index contributed by atoms with van der Waals surface area (Å²) in [4.78, 5) is 18.8. The van der Waals surface area contributed by atoms with Crippen LogP contribution in [-0.4, -0.2) is 31.3 Å². The second-order valence-corrected chi connectivity index (χ2v) is 3.26. The Morgan fingerprint density at radius 3 is 2.24 bits per heavy atom. The van der Waals surface area contributed by atoms with Crippen molar-refractivity contribution in [1.29, 1.82) is 0 Å². The zero-order valence-electron chi connectivity index (χ0n) is 8.53. The first-order valence-corrected chi connectivity index (χ1v) is 4.66. The molecule has 1 heterocycles. The minimum absolute atomic E-state index is 0.147. The first-order chi connectivity index (χ1) is 8.09. The number of hydrogen-bond acceptors (Lipinski definition) is 5. The summed E-state index contributed by atoms with van der Waals surface area (Å²) in [6.45, 7) is 0. The Balaban J connectivity index is 2.68. The molecule has 0 amide bonds. The third-order valence-corrected chi connectivity index (χ3v) is 2.15. The van der Waals surface area contributed by atoms with Gasteiger partial charge in [-0.3, -0.25) is 0 Å². The summed E-state index contributed by atoms with van der Waals surface area (Å²) in [7, 11) is 0. The number of benzene rings is 1. The molecule has 0 saturated heterocycles. The number of rotatable bonds is 2. The van der Waals surface area contributed by atoms with Crippen LogP contribution in [0.5, 0.6) is 11.5 Å². The lowest BCUT2D eigenvalue weighted by atomic mass is 10.1. The van der Waals surface area contributed by atoms with E-state index >= 15 is 0 Å². The summed E-state index contributed by atoms with van der Waals surface area (Å²) < 4.78 is 0. The fourth-order valence-corrected chi connectivity index (χ4v) is 1.38. The third-order valence-electron chi connectivity index (χ3n) is 2.15. The largest absolute Gasteiger partial charge is 0.504 e. The summed E-state index contributed by atoms with van der Waals surface area (Å²) in [6, 6.07) is 3.67. The highest BCUT2D eigenvalue weighted by atomic mass is 16.4. The van der Waals surface area contributed by atoms with Crippen molar-refractivity contribution in [2.75, 3.05) is 0 Å². The fourth-order valence-electron chi connectivity index (χ4n) is 1.38. The average molecular weight is 232 g/mol. The number of carboxylic acids is 1. The van der Waals surface area contributed by atoms with Gasteiger partial charge < -0.3 is 15.3 Å². The fraction of sp³-hybridized carbons (Fsp3) is 0. The summed E-state index contributed by atoms with van der Waals surface area (Å²) in [6.07, 6.45) is 2.91. The van der Waals surface area contributed by atoms with Gasteiger partial charge in [0.1, 0.15) is 0 Å². The van der Waals surface area contributed by atoms with Crippen molar-refractivity contribution < 1.29 is 20.1 Å². The van der Waals surface area contributed by atoms with Crippen molar-refractivity contribution in [3.8, 4) is 22.9 Å². The second kappa shape index (κ2) is 4.09. The number of carboxylic acid groups (broad SMARTS) is 1. The Kier molecular flexibility index (Phi) is 2.61. The Labute approximate surface area is 95.8 Å². The molecule has 6 heteroatoms. The molecule has 0 aliphatic heterocycles. The molecule has 0 atom stereocenters. The lowest BCUT2D eigenvalue weighted by Crippen LogP contribution is -2.01. The van der Waals surface area contributed by atoms with Gasteiger partial charge in [0.15, 0.2) is 17.3 Å². The highest BCUT2D eigenvalue weighted by molar-refractivity contribution is 5.96. The monoisotopic (exact) mass is 232 g/mol. The van der Waals surface area contributed by atoms with E-state index < -0.39 is 17.5 Å². The highest BCUT2D eigenvalue weighted by Crippen LogP contribution is 2.32. The standard InChI is InChI=1S/C11H8N2O4/c14-8-4-6(10-12-2-1-3-13-10)7(11(16)17)5-9(8)15/h1-5,14-15H,(H,16,17). The van der Waals surface area contributed by atoms with Gasteiger partial charge in [-0.2, -0.15) is 0 Å². The Morgan fingerprint density at radius 2 is 1.65 bits per heavy atom. The molecule has 0 spiro atoms. The molecule has 0 unspecified atom stereocenters. The van der Waals surface area contributed by atoms with Crippen LogP contribution in [0, 0.1) is 0 Å². The van der Waals surface area contributed by atoms with Crippen LogP contribution in [-0.2, 0) is 0 Å². The lowest BCUT2D eigenvalue weighted by molar-refractivity contribution is 0.0697. The highest BCUT2D eigenvalue weighted by Gasteiger charge is 2.17. The maximum absolute atomic E-state index is 11.0.